The van der Waals surface area contributed by atoms with E-state index in [0.29, 0.717) is 11.6 Å². The smallest absolute Gasteiger partial charge is 0.355 e. The molecule has 0 spiro atoms. The minimum Gasteiger partial charge on any atom is -0.355 e. The van der Waals surface area contributed by atoms with Gasteiger partial charge in [-0.25, -0.2) is 9.97 Å². The monoisotopic (exact) mass is 314 g/mol. The summed E-state index contributed by atoms with van der Waals surface area (Å²) < 4.78 is 37.9. The third-order valence-corrected chi connectivity index (χ3v) is 4.46. The molecule has 2 aromatic rings. The van der Waals surface area contributed by atoms with Crippen molar-refractivity contribution in [1.29, 1.82) is 0 Å². The maximum atomic E-state index is 12.6. The van der Waals surface area contributed by atoms with Gasteiger partial charge in [0.05, 0.1) is 11.2 Å². The van der Waals surface area contributed by atoms with Gasteiger partial charge in [0.15, 0.2) is 5.69 Å². The van der Waals surface area contributed by atoms with Crippen molar-refractivity contribution < 1.29 is 13.2 Å². The van der Waals surface area contributed by atoms with Crippen molar-refractivity contribution in [3.63, 3.8) is 0 Å². The lowest BCUT2D eigenvalue weighted by atomic mass is 9.99. The Morgan fingerprint density at radius 3 is 2.81 bits per heavy atom. The van der Waals surface area contributed by atoms with Crippen LogP contribution in [0.2, 0.25) is 0 Å². The zero-order valence-corrected chi connectivity index (χ0v) is 11.9. The fourth-order valence-electron chi connectivity index (χ4n) is 2.45. The average molecular weight is 314 g/mol. The molecule has 1 aliphatic rings. The topological polar surface area (TPSA) is 41.9 Å². The predicted molar refractivity (Wildman–Crippen MR) is 73.3 cm³/mol. The Labute approximate surface area is 123 Å². The zero-order chi connectivity index (χ0) is 14.9. The van der Waals surface area contributed by atoms with Crippen molar-refractivity contribution in [3.8, 4) is 0 Å². The summed E-state index contributed by atoms with van der Waals surface area (Å²) >= 11 is 1.09. The van der Waals surface area contributed by atoms with E-state index >= 15 is 0 Å². The van der Waals surface area contributed by atoms with E-state index in [1.54, 1.807) is 18.6 Å². The van der Waals surface area contributed by atoms with Gasteiger partial charge >= 0.3 is 6.18 Å². The first-order valence-electron chi connectivity index (χ1n) is 6.57. The van der Waals surface area contributed by atoms with Crippen LogP contribution in [0.5, 0.6) is 0 Å². The van der Waals surface area contributed by atoms with E-state index in [0.717, 1.165) is 41.9 Å². The number of hydrogen-bond donors (Lipinski definition) is 0. The van der Waals surface area contributed by atoms with E-state index in [9.17, 15) is 13.2 Å². The van der Waals surface area contributed by atoms with Crippen LogP contribution in [-0.2, 0) is 6.18 Å². The van der Waals surface area contributed by atoms with Crippen molar-refractivity contribution in [2.24, 2.45) is 0 Å². The summed E-state index contributed by atoms with van der Waals surface area (Å²) in [6.07, 6.45) is 2.27. The second kappa shape index (κ2) is 5.59. The zero-order valence-electron chi connectivity index (χ0n) is 11.0. The molecule has 3 rings (SSSR count). The summed E-state index contributed by atoms with van der Waals surface area (Å²) in [6.45, 7) is 1.47. The third kappa shape index (κ3) is 3.15. The molecule has 1 fully saturated rings. The van der Waals surface area contributed by atoms with Gasteiger partial charge < -0.3 is 4.90 Å². The van der Waals surface area contributed by atoms with E-state index in [4.69, 9.17) is 0 Å². The summed E-state index contributed by atoms with van der Waals surface area (Å²) in [4.78, 5) is 14.1. The Balaban J connectivity index is 1.76. The first-order valence-corrected chi connectivity index (χ1v) is 7.45. The lowest BCUT2D eigenvalue weighted by molar-refractivity contribution is -0.140. The van der Waals surface area contributed by atoms with Gasteiger partial charge in [-0.1, -0.05) is 0 Å². The van der Waals surface area contributed by atoms with Gasteiger partial charge in [-0.05, 0) is 12.8 Å². The highest BCUT2D eigenvalue weighted by molar-refractivity contribution is 7.09. The number of rotatable bonds is 2. The van der Waals surface area contributed by atoms with Gasteiger partial charge in [0.25, 0.3) is 0 Å². The van der Waals surface area contributed by atoms with Crippen LogP contribution in [0.1, 0.15) is 29.5 Å². The number of anilines is 1. The highest BCUT2D eigenvalue weighted by atomic mass is 32.1. The highest BCUT2D eigenvalue weighted by Gasteiger charge is 2.35. The molecule has 2 aromatic heterocycles. The maximum absolute atomic E-state index is 12.6. The van der Waals surface area contributed by atoms with Crippen LogP contribution < -0.4 is 4.90 Å². The molecule has 0 saturated carbocycles. The number of hydrogen-bond acceptors (Lipinski definition) is 5. The van der Waals surface area contributed by atoms with Gasteiger partial charge in [0, 0.05) is 36.8 Å². The van der Waals surface area contributed by atoms with E-state index in [1.807, 2.05) is 0 Å². The molecular weight excluding hydrogens is 301 g/mol. The molecule has 21 heavy (non-hydrogen) atoms. The van der Waals surface area contributed by atoms with Crippen molar-refractivity contribution in [1.82, 2.24) is 15.0 Å². The van der Waals surface area contributed by atoms with Crippen LogP contribution in [0.4, 0.5) is 19.0 Å². The second-order valence-electron chi connectivity index (χ2n) is 4.92. The number of halogens is 3. The molecule has 0 radical (unpaired) electrons. The lowest BCUT2D eigenvalue weighted by Crippen LogP contribution is -2.35. The molecule has 1 unspecified atom stereocenters. The Kier molecular flexibility index (Phi) is 3.79. The van der Waals surface area contributed by atoms with Gasteiger partial charge in [0.2, 0.25) is 0 Å². The van der Waals surface area contributed by atoms with Crippen LogP contribution in [-0.4, -0.2) is 28.0 Å². The minimum absolute atomic E-state index is 0.0156. The Bertz CT molecular complexity index is 599. The van der Waals surface area contributed by atoms with E-state index in [-0.39, 0.29) is 5.92 Å². The quantitative estimate of drug-likeness (QED) is 0.852. The highest BCUT2D eigenvalue weighted by Crippen LogP contribution is 2.35. The van der Waals surface area contributed by atoms with Crippen LogP contribution in [0.15, 0.2) is 24.0 Å². The maximum Gasteiger partial charge on any atom is 0.434 e. The average Bonchev–Trinajstić information content (AvgIpc) is 2.98. The fraction of sp³-hybridized carbons (Fsp3) is 0.462. The van der Waals surface area contributed by atoms with Gasteiger partial charge in [0.1, 0.15) is 5.82 Å². The SMILES string of the molecule is FC(F)(F)c1csc(C2CCCN(c3cnccn3)C2)n1. The van der Waals surface area contributed by atoms with Crippen LogP contribution >= 0.6 is 11.3 Å². The van der Waals surface area contributed by atoms with Crippen molar-refractivity contribution in [2.45, 2.75) is 24.9 Å². The molecule has 4 nitrogen and oxygen atoms in total. The second-order valence-corrected chi connectivity index (χ2v) is 5.81. The Morgan fingerprint density at radius 2 is 2.14 bits per heavy atom. The fourth-order valence-corrected chi connectivity index (χ4v) is 3.40. The van der Waals surface area contributed by atoms with Crippen LogP contribution in [0, 0.1) is 0 Å². The number of nitrogens with zero attached hydrogens (tertiary/aromatic N) is 4. The molecule has 1 atom stereocenters. The molecule has 1 aliphatic heterocycles. The van der Waals surface area contributed by atoms with Gasteiger partial charge in [-0.2, -0.15) is 13.2 Å². The van der Waals surface area contributed by atoms with E-state index in [1.165, 1.54) is 0 Å². The Hall–Kier alpha value is -1.70. The summed E-state index contributed by atoms with van der Waals surface area (Å²) in [5, 5.41) is 1.65. The van der Waals surface area contributed by atoms with Gasteiger partial charge in [-0.15, -0.1) is 11.3 Å². The number of alkyl halides is 3. The number of aromatic nitrogens is 3. The summed E-state index contributed by atoms with van der Waals surface area (Å²) in [5.41, 5.74) is -0.792. The number of thiazole rings is 1. The standard InChI is InChI=1S/C13H13F3N4S/c14-13(15,16)10-8-21-12(19-10)9-2-1-5-20(7-9)11-6-17-3-4-18-11/h3-4,6,8-9H,1-2,5,7H2. The summed E-state index contributed by atoms with van der Waals surface area (Å²) in [7, 11) is 0. The normalized spacial score (nSPS) is 19.8. The number of piperidine rings is 1. The molecule has 112 valence electrons. The molecule has 0 amide bonds. The van der Waals surface area contributed by atoms with Crippen molar-refractivity contribution in [2.75, 3.05) is 18.0 Å². The largest absolute Gasteiger partial charge is 0.434 e. The van der Waals surface area contributed by atoms with E-state index < -0.39 is 11.9 Å². The first kappa shape index (κ1) is 14.2. The Morgan fingerprint density at radius 1 is 1.29 bits per heavy atom. The molecule has 0 N–H and O–H groups in total. The third-order valence-electron chi connectivity index (χ3n) is 3.46. The molecule has 8 heteroatoms. The predicted octanol–water partition coefficient (Wildman–Crippen LogP) is 3.34. The molecule has 0 bridgehead atoms. The van der Waals surface area contributed by atoms with E-state index in [2.05, 4.69) is 19.9 Å². The lowest BCUT2D eigenvalue weighted by Gasteiger charge is -2.32. The first-order chi connectivity index (χ1) is 10.0. The van der Waals surface area contributed by atoms with Crippen molar-refractivity contribution in [3.05, 3.63) is 34.7 Å². The summed E-state index contributed by atoms with van der Waals surface area (Å²) in [5.74, 6) is 0.775. The molecule has 1 saturated heterocycles. The molecule has 0 aromatic carbocycles. The van der Waals surface area contributed by atoms with Crippen LogP contribution in [0.25, 0.3) is 0 Å². The molecular formula is C13H13F3N4S. The minimum atomic E-state index is -4.37. The molecule has 3 heterocycles. The molecule has 0 aliphatic carbocycles. The van der Waals surface area contributed by atoms with Gasteiger partial charge in [-0.3, -0.25) is 4.98 Å². The van der Waals surface area contributed by atoms with Crippen molar-refractivity contribution >= 4 is 17.2 Å². The summed E-state index contributed by atoms with van der Waals surface area (Å²) in [6, 6.07) is 0. The van der Waals surface area contributed by atoms with Crippen LogP contribution in [0.3, 0.4) is 0 Å².